The number of carboxylic acids is 1. The molecule has 322 valence electrons. The summed E-state index contributed by atoms with van der Waals surface area (Å²) in [6.45, 7) is 1.04. The number of carboxylic acid groups (broad SMARTS) is 1. The van der Waals surface area contributed by atoms with Crippen molar-refractivity contribution in [2.45, 2.75) is 216 Å². The highest BCUT2D eigenvalue weighted by Gasteiger charge is 2.26. The van der Waals surface area contributed by atoms with Crippen molar-refractivity contribution >= 4 is 11.9 Å². The van der Waals surface area contributed by atoms with Crippen LogP contribution in [0.1, 0.15) is 202 Å². The lowest BCUT2D eigenvalue weighted by Gasteiger charge is -2.25. The molecule has 2 heterocycles. The Morgan fingerprint density at radius 2 is 1.04 bits per heavy atom. The first-order chi connectivity index (χ1) is 27.7. The van der Waals surface area contributed by atoms with E-state index in [2.05, 4.69) is 30.9 Å². The van der Waals surface area contributed by atoms with Gasteiger partial charge in [-0.15, -0.1) is 0 Å². The third-order valence-corrected chi connectivity index (χ3v) is 12.9. The summed E-state index contributed by atoms with van der Waals surface area (Å²) >= 11 is 0. The number of hydrogen-bond acceptors (Lipinski definition) is 13. The van der Waals surface area contributed by atoms with E-state index in [9.17, 15) is 24.9 Å². The third kappa shape index (κ3) is 16.7. The molecule has 0 unspecified atom stereocenters. The van der Waals surface area contributed by atoms with Crippen LogP contribution in [0.3, 0.4) is 0 Å². The van der Waals surface area contributed by atoms with Crippen LogP contribution < -0.4 is 16.1 Å². The molecule has 2 atom stereocenters. The molecule has 1 amide bonds. The summed E-state index contributed by atoms with van der Waals surface area (Å²) in [6, 6.07) is 0.738. The molecule has 7 N–H and O–H groups in total. The highest BCUT2D eigenvalue weighted by Crippen LogP contribution is 2.33. The molecule has 4 saturated carbocycles. The van der Waals surface area contributed by atoms with E-state index in [1.165, 1.54) is 77.0 Å². The molecule has 4 aliphatic carbocycles. The highest BCUT2D eigenvalue weighted by molar-refractivity contribution is 5.75. The lowest BCUT2D eigenvalue weighted by Crippen LogP contribution is -2.34. The zero-order valence-electron chi connectivity index (χ0n) is 34.1. The summed E-state index contributed by atoms with van der Waals surface area (Å²) in [5.74, 6) is 2.10. The fraction of sp³-hybridized carbons (Fsp3) is 0.857. The molecular formula is C42H71N7O8. The number of aromatic nitrogens is 4. The summed E-state index contributed by atoms with van der Waals surface area (Å²) < 4.78 is 10.9. The molecule has 2 aromatic heterocycles. The third-order valence-electron chi connectivity index (χ3n) is 12.9. The molecule has 2 aromatic rings. The molecule has 0 aromatic carbocycles. The van der Waals surface area contributed by atoms with Crippen molar-refractivity contribution in [1.82, 2.24) is 36.4 Å². The van der Waals surface area contributed by atoms with Gasteiger partial charge < -0.3 is 35.0 Å². The van der Waals surface area contributed by atoms with Crippen molar-refractivity contribution < 1.29 is 39.2 Å². The van der Waals surface area contributed by atoms with Crippen LogP contribution in [0.5, 0.6) is 0 Å². The second-order valence-corrected chi connectivity index (χ2v) is 17.5. The van der Waals surface area contributed by atoms with Gasteiger partial charge in [0.05, 0.1) is 31.7 Å². The van der Waals surface area contributed by atoms with Gasteiger partial charge in [-0.3, -0.25) is 14.8 Å². The van der Waals surface area contributed by atoms with E-state index in [4.69, 9.17) is 14.3 Å². The first-order valence-corrected chi connectivity index (χ1v) is 22.4. The van der Waals surface area contributed by atoms with Gasteiger partial charge in [0.15, 0.2) is 11.6 Å². The van der Waals surface area contributed by atoms with Crippen LogP contribution in [0.25, 0.3) is 0 Å². The van der Waals surface area contributed by atoms with Crippen molar-refractivity contribution in [3.8, 4) is 0 Å². The quantitative estimate of drug-likeness (QED) is 0.0530. The topological polar surface area (TPSA) is 229 Å². The number of aliphatic carboxylic acids is 1. The SMILES string of the molecule is O=C(C[C@@H](CCCC1CCCCC1)c1nc(CNC2CCC(O)CC2)no1)NO.O=C(O)C[C@@H](CCCC1CCCCC1)c1nc(CNC2CCC(O)CC2)no1. The normalized spacial score (nSPS) is 24.6. The van der Waals surface area contributed by atoms with Gasteiger partial charge in [0.2, 0.25) is 17.7 Å². The standard InChI is InChI=1S/C21H36N4O4.C21H35N3O4/c26-18-11-9-17(10-12-18)22-14-19-23-21(29-25-19)16(13-20(27)24-28)8-4-7-15-5-2-1-3-6-15;25-18-11-9-17(10-12-18)22-14-19-23-21(28-24-19)16(13-20(26)27)8-4-7-15-5-2-1-3-6-15/h15-18,22,26,28H,1-14H2,(H,24,27);15-18,22,25H,1-14H2,(H,26,27)/t2*16-,17?,18?/m11/s1. The maximum atomic E-state index is 11.7. The lowest BCUT2D eigenvalue weighted by atomic mass is 9.84. The van der Waals surface area contributed by atoms with Crippen LogP contribution in [0.15, 0.2) is 9.05 Å². The zero-order valence-corrected chi connectivity index (χ0v) is 34.1. The van der Waals surface area contributed by atoms with Crippen LogP contribution in [-0.4, -0.2) is 77.0 Å². The molecule has 0 spiro atoms. The largest absolute Gasteiger partial charge is 0.481 e. The van der Waals surface area contributed by atoms with Crippen LogP contribution in [0, 0.1) is 11.8 Å². The number of aliphatic hydroxyl groups is 2. The van der Waals surface area contributed by atoms with Crippen LogP contribution in [0.4, 0.5) is 0 Å². The van der Waals surface area contributed by atoms with Crippen LogP contribution in [0.2, 0.25) is 0 Å². The maximum absolute atomic E-state index is 11.7. The first kappa shape index (κ1) is 45.1. The Balaban J connectivity index is 0.000000218. The Labute approximate surface area is 338 Å². The van der Waals surface area contributed by atoms with Crippen molar-refractivity contribution in [1.29, 1.82) is 0 Å². The number of nitrogens with one attached hydrogen (secondary N) is 3. The second-order valence-electron chi connectivity index (χ2n) is 17.5. The number of carbonyl (C=O) groups excluding carboxylic acids is 1. The summed E-state index contributed by atoms with van der Waals surface area (Å²) in [4.78, 5) is 32.0. The van der Waals surface area contributed by atoms with Crippen LogP contribution >= 0.6 is 0 Å². The van der Waals surface area contributed by atoms with Crippen molar-refractivity contribution in [3.63, 3.8) is 0 Å². The Kier molecular flexibility index (Phi) is 19.6. The Morgan fingerprint density at radius 3 is 1.44 bits per heavy atom. The monoisotopic (exact) mass is 802 g/mol. The van der Waals surface area contributed by atoms with Crippen molar-refractivity contribution in [2.24, 2.45) is 11.8 Å². The molecule has 6 rings (SSSR count). The van der Waals surface area contributed by atoms with E-state index in [1.807, 2.05) is 0 Å². The first-order valence-electron chi connectivity index (χ1n) is 22.4. The molecule has 57 heavy (non-hydrogen) atoms. The molecule has 0 saturated heterocycles. The number of aliphatic hydroxyl groups excluding tert-OH is 2. The minimum absolute atomic E-state index is 0.0419. The molecule has 0 radical (unpaired) electrons. The Bertz CT molecular complexity index is 1410. The predicted molar refractivity (Wildman–Crippen MR) is 212 cm³/mol. The Hall–Kier alpha value is -2.98. The molecule has 4 aliphatic rings. The zero-order chi connectivity index (χ0) is 40.2. The van der Waals surface area contributed by atoms with Gasteiger partial charge in [0.25, 0.3) is 0 Å². The van der Waals surface area contributed by atoms with E-state index in [0.717, 1.165) is 88.9 Å². The van der Waals surface area contributed by atoms with Gasteiger partial charge in [0, 0.05) is 30.3 Å². The molecule has 15 nitrogen and oxygen atoms in total. The summed E-state index contributed by atoms with van der Waals surface area (Å²) in [6.07, 6.45) is 26.3. The van der Waals surface area contributed by atoms with Gasteiger partial charge in [-0.25, -0.2) is 5.48 Å². The van der Waals surface area contributed by atoms with Gasteiger partial charge in [-0.2, -0.15) is 9.97 Å². The average molecular weight is 802 g/mol. The van der Waals surface area contributed by atoms with E-state index in [0.29, 0.717) is 48.6 Å². The number of nitrogens with zero attached hydrogens (tertiary/aromatic N) is 4. The minimum atomic E-state index is -0.818. The molecule has 0 bridgehead atoms. The van der Waals surface area contributed by atoms with Crippen LogP contribution in [-0.2, 0) is 22.7 Å². The van der Waals surface area contributed by atoms with E-state index in [-0.39, 0.29) is 36.9 Å². The maximum Gasteiger partial charge on any atom is 0.304 e. The number of carbonyl (C=O) groups is 2. The second kappa shape index (κ2) is 24.8. The molecule has 0 aliphatic heterocycles. The molecule has 15 heteroatoms. The molecule has 4 fully saturated rings. The number of amides is 1. The van der Waals surface area contributed by atoms with Crippen molar-refractivity contribution in [2.75, 3.05) is 0 Å². The summed E-state index contributed by atoms with van der Waals surface area (Å²) in [5, 5.41) is 52.4. The minimum Gasteiger partial charge on any atom is -0.481 e. The molecular weight excluding hydrogens is 731 g/mol. The number of rotatable bonds is 20. The van der Waals surface area contributed by atoms with Gasteiger partial charge >= 0.3 is 5.97 Å². The van der Waals surface area contributed by atoms with Gasteiger partial charge in [-0.05, 0) is 76.0 Å². The van der Waals surface area contributed by atoms with E-state index < -0.39 is 11.9 Å². The number of hydrogen-bond donors (Lipinski definition) is 7. The van der Waals surface area contributed by atoms with Gasteiger partial charge in [-0.1, -0.05) is 100 Å². The van der Waals surface area contributed by atoms with Crippen molar-refractivity contribution in [3.05, 3.63) is 23.4 Å². The number of hydroxylamine groups is 1. The summed E-state index contributed by atoms with van der Waals surface area (Å²) in [5.41, 5.74) is 1.72. The lowest BCUT2D eigenvalue weighted by molar-refractivity contribution is -0.137. The fourth-order valence-corrected chi connectivity index (χ4v) is 9.40. The van der Waals surface area contributed by atoms with E-state index in [1.54, 1.807) is 5.48 Å². The van der Waals surface area contributed by atoms with Gasteiger partial charge in [0.1, 0.15) is 0 Å². The average Bonchev–Trinajstić information content (AvgIpc) is 3.91. The summed E-state index contributed by atoms with van der Waals surface area (Å²) in [7, 11) is 0. The highest BCUT2D eigenvalue weighted by atomic mass is 16.5. The fourth-order valence-electron chi connectivity index (χ4n) is 9.40. The predicted octanol–water partition coefficient (Wildman–Crippen LogP) is 6.96. The Morgan fingerprint density at radius 1 is 0.614 bits per heavy atom. The smallest absolute Gasteiger partial charge is 0.304 e. The van der Waals surface area contributed by atoms with E-state index >= 15 is 0 Å².